The van der Waals surface area contributed by atoms with E-state index >= 15 is 0 Å². The number of rotatable bonds is 4. The van der Waals surface area contributed by atoms with Crippen molar-refractivity contribution in [1.82, 2.24) is 14.5 Å². The molecule has 0 aliphatic carbocycles. The molecule has 0 fully saturated rings. The van der Waals surface area contributed by atoms with Crippen LogP contribution in [0.1, 0.15) is 16.7 Å². The van der Waals surface area contributed by atoms with Crippen molar-refractivity contribution < 1.29 is 8.42 Å². The minimum atomic E-state index is -3.40. The largest absolute Gasteiger partial charge is 0.309 e. The van der Waals surface area contributed by atoms with Crippen LogP contribution in [0.5, 0.6) is 0 Å². The number of hydrogen-bond acceptors (Lipinski definition) is 5. The molecule has 0 spiro atoms. The van der Waals surface area contributed by atoms with Crippen LogP contribution in [0.2, 0.25) is 0 Å². The third-order valence-electron chi connectivity index (χ3n) is 9.60. The first-order valence-electron chi connectivity index (χ1n) is 16.3. The maximum absolute atomic E-state index is 13.4. The molecule has 9 rings (SSSR count). The van der Waals surface area contributed by atoms with E-state index in [9.17, 15) is 13.7 Å². The average molecular weight is 665 g/mol. The van der Waals surface area contributed by atoms with E-state index in [0.717, 1.165) is 83.1 Å². The van der Waals surface area contributed by atoms with Crippen molar-refractivity contribution >= 4 is 31.6 Å². The summed E-state index contributed by atoms with van der Waals surface area (Å²) in [6.07, 6.45) is 7.19. The standard InChI is InChI=1S/C43H28N4O2S/c44-25-28-5-10-43-41(19-28)38-3-1-2-4-42(38)47(43)37-9-8-33-27-50(48,49)26-32-7-6-31(23-39(32)40(33)24-37)36-21-34(29-11-15-45-16-12-29)20-35(22-36)30-13-17-46-18-14-30/h1-24H,26-27H2. The molecule has 0 bridgehead atoms. The fourth-order valence-corrected chi connectivity index (χ4v) is 8.83. The van der Waals surface area contributed by atoms with Crippen LogP contribution in [0.15, 0.2) is 146 Å². The summed E-state index contributed by atoms with van der Waals surface area (Å²) >= 11 is 0. The van der Waals surface area contributed by atoms with Crippen LogP contribution in [-0.2, 0) is 21.3 Å². The summed E-state index contributed by atoms with van der Waals surface area (Å²) < 4.78 is 29.1. The summed E-state index contributed by atoms with van der Waals surface area (Å²) in [5, 5.41) is 11.7. The monoisotopic (exact) mass is 664 g/mol. The van der Waals surface area contributed by atoms with E-state index in [1.807, 2.05) is 78.9 Å². The lowest BCUT2D eigenvalue weighted by molar-refractivity contribution is 0.595. The molecule has 4 heterocycles. The molecule has 0 unspecified atom stereocenters. The maximum Gasteiger partial charge on any atom is 0.158 e. The van der Waals surface area contributed by atoms with Crippen LogP contribution in [-0.4, -0.2) is 23.0 Å². The first kappa shape index (κ1) is 29.8. The second kappa shape index (κ2) is 11.7. The van der Waals surface area contributed by atoms with Gasteiger partial charge in [0.05, 0.1) is 34.2 Å². The zero-order chi connectivity index (χ0) is 33.8. The Bertz CT molecular complexity index is 2730. The van der Waals surface area contributed by atoms with Crippen LogP contribution in [0.3, 0.4) is 0 Å². The first-order valence-corrected chi connectivity index (χ1v) is 18.1. The highest BCUT2D eigenvalue weighted by Crippen LogP contribution is 2.41. The van der Waals surface area contributed by atoms with Crippen molar-refractivity contribution in [3.8, 4) is 56.3 Å². The summed E-state index contributed by atoms with van der Waals surface area (Å²) in [5.74, 6) is -0.0622. The first-order chi connectivity index (χ1) is 24.4. The molecule has 5 aromatic carbocycles. The summed E-state index contributed by atoms with van der Waals surface area (Å²) in [4.78, 5) is 8.43. The van der Waals surface area contributed by atoms with Gasteiger partial charge < -0.3 is 4.57 Å². The highest BCUT2D eigenvalue weighted by Gasteiger charge is 2.25. The number of sulfone groups is 1. The molecule has 0 N–H and O–H groups in total. The molecule has 50 heavy (non-hydrogen) atoms. The molecule has 1 aliphatic rings. The van der Waals surface area contributed by atoms with Crippen LogP contribution in [0, 0.1) is 11.3 Å². The number of pyridine rings is 2. The number of nitriles is 1. The Hall–Kier alpha value is -6.36. The summed E-state index contributed by atoms with van der Waals surface area (Å²) in [6.45, 7) is 0. The fraction of sp³-hybridized carbons (Fsp3) is 0.0465. The van der Waals surface area contributed by atoms with Gasteiger partial charge in [-0.05, 0) is 141 Å². The van der Waals surface area contributed by atoms with Crippen LogP contribution in [0.25, 0.3) is 72.0 Å². The van der Waals surface area contributed by atoms with Crippen molar-refractivity contribution in [2.24, 2.45) is 0 Å². The van der Waals surface area contributed by atoms with Gasteiger partial charge in [0, 0.05) is 41.2 Å². The summed E-state index contributed by atoms with van der Waals surface area (Å²) in [5.41, 5.74) is 13.1. The zero-order valence-corrected chi connectivity index (χ0v) is 27.6. The third-order valence-corrected chi connectivity index (χ3v) is 11.1. The van der Waals surface area contributed by atoms with Crippen LogP contribution < -0.4 is 0 Å². The predicted molar refractivity (Wildman–Crippen MR) is 199 cm³/mol. The zero-order valence-electron chi connectivity index (χ0n) is 26.8. The Morgan fingerprint density at radius 2 is 1.12 bits per heavy atom. The summed E-state index contributed by atoms with van der Waals surface area (Å²) in [6, 6.07) is 43.0. The number of nitrogens with zero attached hydrogens (tertiary/aromatic N) is 4. The lowest BCUT2D eigenvalue weighted by Crippen LogP contribution is -2.05. The van der Waals surface area contributed by atoms with Gasteiger partial charge in [-0.2, -0.15) is 5.26 Å². The SMILES string of the molecule is N#Cc1ccc2c(c1)c1ccccc1n2-c1ccc2c(c1)-c1cc(-c3cc(-c4ccncc4)cc(-c4ccncc4)c3)ccc1CS(=O)(=O)C2. The smallest absolute Gasteiger partial charge is 0.158 e. The van der Waals surface area contributed by atoms with E-state index in [1.165, 1.54) is 0 Å². The summed E-state index contributed by atoms with van der Waals surface area (Å²) in [7, 11) is -3.40. The molecule has 6 nitrogen and oxygen atoms in total. The highest BCUT2D eigenvalue weighted by molar-refractivity contribution is 7.89. The molecule has 8 aromatic rings. The Morgan fingerprint density at radius 1 is 0.540 bits per heavy atom. The van der Waals surface area contributed by atoms with Gasteiger partial charge in [0.1, 0.15) is 0 Å². The van der Waals surface area contributed by atoms with Crippen LogP contribution >= 0.6 is 0 Å². The van der Waals surface area contributed by atoms with E-state index in [4.69, 9.17) is 0 Å². The Labute approximate surface area is 289 Å². The Kier molecular flexibility index (Phi) is 6.94. The molecule has 1 aliphatic heterocycles. The van der Waals surface area contributed by atoms with Crippen LogP contribution in [0.4, 0.5) is 0 Å². The van der Waals surface area contributed by atoms with Gasteiger partial charge in [0.25, 0.3) is 0 Å². The quantitative estimate of drug-likeness (QED) is 0.187. The van der Waals surface area contributed by atoms with Gasteiger partial charge in [-0.25, -0.2) is 8.42 Å². The van der Waals surface area contributed by atoms with Gasteiger partial charge in [0.15, 0.2) is 9.84 Å². The Morgan fingerprint density at radius 3 is 1.78 bits per heavy atom. The van der Waals surface area contributed by atoms with Gasteiger partial charge >= 0.3 is 0 Å². The van der Waals surface area contributed by atoms with E-state index in [-0.39, 0.29) is 11.5 Å². The topological polar surface area (TPSA) is 88.6 Å². The van der Waals surface area contributed by atoms with Crippen molar-refractivity contribution in [2.75, 3.05) is 0 Å². The molecule has 0 atom stereocenters. The number of para-hydroxylation sites is 1. The van der Waals surface area contributed by atoms with Gasteiger partial charge in [-0.15, -0.1) is 0 Å². The van der Waals surface area contributed by atoms with Crippen molar-refractivity contribution in [1.29, 1.82) is 5.26 Å². The van der Waals surface area contributed by atoms with Crippen molar-refractivity contribution in [2.45, 2.75) is 11.5 Å². The van der Waals surface area contributed by atoms with Crippen molar-refractivity contribution in [3.05, 3.63) is 163 Å². The number of aromatic nitrogens is 3. The second-order valence-electron chi connectivity index (χ2n) is 12.7. The molecule has 7 heteroatoms. The number of benzene rings is 5. The third kappa shape index (κ3) is 5.14. The van der Waals surface area contributed by atoms with E-state index in [0.29, 0.717) is 5.56 Å². The predicted octanol–water partition coefficient (Wildman–Crippen LogP) is 9.54. The van der Waals surface area contributed by atoms with Gasteiger partial charge in [-0.3, -0.25) is 9.97 Å². The molecule has 0 saturated carbocycles. The highest BCUT2D eigenvalue weighted by atomic mass is 32.2. The molecule has 0 amide bonds. The molecule has 0 saturated heterocycles. The van der Waals surface area contributed by atoms with Gasteiger partial charge in [0.2, 0.25) is 0 Å². The molecule has 3 aromatic heterocycles. The average Bonchev–Trinajstić information content (AvgIpc) is 3.43. The minimum Gasteiger partial charge on any atom is -0.309 e. The number of fused-ring (bicyclic) bond motifs is 6. The fourth-order valence-electron chi connectivity index (χ4n) is 7.27. The molecular weight excluding hydrogens is 637 g/mol. The minimum absolute atomic E-state index is 0.0295. The van der Waals surface area contributed by atoms with Gasteiger partial charge in [-0.1, -0.05) is 36.4 Å². The van der Waals surface area contributed by atoms with E-state index < -0.39 is 9.84 Å². The van der Waals surface area contributed by atoms with E-state index in [1.54, 1.807) is 24.8 Å². The Balaban J connectivity index is 1.26. The normalized spacial score (nSPS) is 13.3. The molecule has 238 valence electrons. The lowest BCUT2D eigenvalue weighted by Gasteiger charge is -2.16. The maximum atomic E-state index is 13.4. The molecular formula is C43H28N4O2S. The second-order valence-corrected chi connectivity index (χ2v) is 14.8. The van der Waals surface area contributed by atoms with Crippen molar-refractivity contribution in [3.63, 3.8) is 0 Å². The van der Waals surface area contributed by atoms with E-state index in [2.05, 4.69) is 63.1 Å². The lowest BCUT2D eigenvalue weighted by atomic mass is 9.90. The number of hydrogen-bond donors (Lipinski definition) is 0. The molecule has 0 radical (unpaired) electrons.